The fourth-order valence-electron chi connectivity index (χ4n) is 2.49. The molecule has 3 aromatic rings. The molecule has 0 unspecified atom stereocenters. The number of rotatable bonds is 6. The standard InChI is InChI=1S/C18H19N3O5S/c1-11-3-5-13(6-4-11)26-14-7-9-15(10-8-14)27(24,25)21-12(2)16-17(22)20-18(23)19-16/h3-10,12,21-22H,1-2H3,(H2,19,20,23)/t12-/m1/s1. The second-order valence-corrected chi connectivity index (χ2v) is 7.78. The highest BCUT2D eigenvalue weighted by Crippen LogP contribution is 2.24. The maximum Gasteiger partial charge on any atom is 0.326 e. The zero-order valence-electron chi connectivity index (χ0n) is 14.7. The second kappa shape index (κ2) is 7.29. The van der Waals surface area contributed by atoms with Crippen LogP contribution in [0.4, 0.5) is 0 Å². The summed E-state index contributed by atoms with van der Waals surface area (Å²) >= 11 is 0. The van der Waals surface area contributed by atoms with E-state index in [0.717, 1.165) is 5.56 Å². The van der Waals surface area contributed by atoms with E-state index < -0.39 is 27.6 Å². The fraction of sp³-hybridized carbons (Fsp3) is 0.167. The summed E-state index contributed by atoms with van der Waals surface area (Å²) in [4.78, 5) is 15.7. The number of ether oxygens (including phenoxy) is 1. The molecule has 1 aromatic heterocycles. The summed E-state index contributed by atoms with van der Waals surface area (Å²) in [6, 6.07) is 12.6. The number of aryl methyl sites for hydroxylation is 1. The molecule has 3 rings (SSSR count). The highest BCUT2D eigenvalue weighted by atomic mass is 32.2. The monoisotopic (exact) mass is 389 g/mol. The van der Waals surface area contributed by atoms with Crippen LogP contribution in [-0.2, 0) is 10.0 Å². The lowest BCUT2D eigenvalue weighted by molar-refractivity contribution is 0.441. The normalized spacial score (nSPS) is 12.7. The predicted molar refractivity (Wildman–Crippen MR) is 99.5 cm³/mol. The van der Waals surface area contributed by atoms with Crippen LogP contribution in [0.2, 0.25) is 0 Å². The number of H-pyrrole nitrogens is 2. The van der Waals surface area contributed by atoms with Crippen LogP contribution in [0.1, 0.15) is 24.2 Å². The zero-order chi connectivity index (χ0) is 19.6. The van der Waals surface area contributed by atoms with Crippen molar-refractivity contribution in [3.05, 3.63) is 70.3 Å². The molecule has 1 atom stereocenters. The van der Waals surface area contributed by atoms with E-state index in [1.54, 1.807) is 12.1 Å². The molecular weight excluding hydrogens is 370 g/mol. The zero-order valence-corrected chi connectivity index (χ0v) is 15.5. The Morgan fingerprint density at radius 2 is 1.56 bits per heavy atom. The third-order valence-electron chi connectivity index (χ3n) is 3.89. The largest absolute Gasteiger partial charge is 0.493 e. The van der Waals surface area contributed by atoms with Crippen LogP contribution in [0.3, 0.4) is 0 Å². The minimum atomic E-state index is -3.86. The van der Waals surface area contributed by atoms with Crippen molar-refractivity contribution in [1.29, 1.82) is 0 Å². The first-order chi connectivity index (χ1) is 12.7. The molecule has 1 heterocycles. The highest BCUT2D eigenvalue weighted by Gasteiger charge is 2.22. The van der Waals surface area contributed by atoms with Crippen LogP contribution < -0.4 is 15.1 Å². The summed E-state index contributed by atoms with van der Waals surface area (Å²) in [5.41, 5.74) is 0.549. The molecule has 142 valence electrons. The Labute approximate surface area is 155 Å². The first-order valence-corrected chi connectivity index (χ1v) is 9.61. The number of hydrogen-bond donors (Lipinski definition) is 4. The van der Waals surface area contributed by atoms with Crippen molar-refractivity contribution in [3.8, 4) is 17.4 Å². The van der Waals surface area contributed by atoms with Crippen LogP contribution >= 0.6 is 0 Å². The number of hydrogen-bond acceptors (Lipinski definition) is 5. The van der Waals surface area contributed by atoms with Gasteiger partial charge >= 0.3 is 5.69 Å². The third kappa shape index (κ3) is 4.39. The molecule has 0 aliphatic carbocycles. The van der Waals surface area contributed by atoms with Crippen molar-refractivity contribution in [1.82, 2.24) is 14.7 Å². The van der Waals surface area contributed by atoms with Gasteiger partial charge in [0.25, 0.3) is 0 Å². The van der Waals surface area contributed by atoms with Gasteiger partial charge in [-0.25, -0.2) is 17.9 Å². The Morgan fingerprint density at radius 1 is 1.00 bits per heavy atom. The number of benzene rings is 2. The van der Waals surface area contributed by atoms with Gasteiger partial charge in [0.05, 0.1) is 16.6 Å². The van der Waals surface area contributed by atoms with Crippen LogP contribution in [0, 0.1) is 6.92 Å². The molecule has 0 bridgehead atoms. The Bertz CT molecular complexity index is 1080. The Hall–Kier alpha value is -3.04. The van der Waals surface area contributed by atoms with Crippen molar-refractivity contribution in [3.63, 3.8) is 0 Å². The molecule has 0 saturated carbocycles. The van der Waals surface area contributed by atoms with Gasteiger partial charge in [0.2, 0.25) is 15.9 Å². The molecule has 0 aliphatic rings. The average molecular weight is 389 g/mol. The van der Waals surface area contributed by atoms with E-state index in [4.69, 9.17) is 4.74 Å². The van der Waals surface area contributed by atoms with Crippen LogP contribution in [0.25, 0.3) is 0 Å². The van der Waals surface area contributed by atoms with Crippen LogP contribution in [0.5, 0.6) is 17.4 Å². The SMILES string of the molecule is Cc1ccc(Oc2ccc(S(=O)(=O)N[C@H](C)c3[nH]c(=O)[nH]c3O)cc2)cc1. The van der Waals surface area contributed by atoms with Crippen molar-refractivity contribution in [2.75, 3.05) is 0 Å². The van der Waals surface area contributed by atoms with Gasteiger partial charge in [-0.2, -0.15) is 0 Å². The first kappa shape index (κ1) is 18.7. The van der Waals surface area contributed by atoms with Gasteiger partial charge in [-0.3, -0.25) is 4.98 Å². The number of aromatic nitrogens is 2. The maximum atomic E-state index is 12.5. The lowest BCUT2D eigenvalue weighted by Gasteiger charge is -2.13. The highest BCUT2D eigenvalue weighted by molar-refractivity contribution is 7.89. The topological polar surface area (TPSA) is 124 Å². The number of nitrogens with one attached hydrogen (secondary N) is 3. The van der Waals surface area contributed by atoms with Gasteiger partial charge in [0, 0.05) is 0 Å². The molecule has 9 heteroatoms. The average Bonchev–Trinajstić information content (AvgIpc) is 2.95. The summed E-state index contributed by atoms with van der Waals surface area (Å²) in [6.07, 6.45) is 0. The molecule has 27 heavy (non-hydrogen) atoms. The van der Waals surface area contributed by atoms with E-state index in [0.29, 0.717) is 11.5 Å². The molecule has 2 aromatic carbocycles. The lowest BCUT2D eigenvalue weighted by atomic mass is 10.2. The molecule has 0 aliphatic heterocycles. The number of aromatic amines is 2. The summed E-state index contributed by atoms with van der Waals surface area (Å²) in [5, 5.41) is 9.62. The molecular formula is C18H19N3O5S. The minimum Gasteiger partial charge on any atom is -0.493 e. The van der Waals surface area contributed by atoms with E-state index in [1.807, 2.05) is 31.2 Å². The maximum absolute atomic E-state index is 12.5. The smallest absolute Gasteiger partial charge is 0.326 e. The van der Waals surface area contributed by atoms with Crippen molar-refractivity contribution < 1.29 is 18.3 Å². The minimum absolute atomic E-state index is 0.0305. The number of sulfonamides is 1. The third-order valence-corrected chi connectivity index (χ3v) is 5.45. The van der Waals surface area contributed by atoms with E-state index >= 15 is 0 Å². The van der Waals surface area contributed by atoms with Crippen molar-refractivity contribution in [2.45, 2.75) is 24.8 Å². The van der Waals surface area contributed by atoms with E-state index in [2.05, 4.69) is 14.7 Å². The van der Waals surface area contributed by atoms with E-state index in [-0.39, 0.29) is 10.6 Å². The molecule has 8 nitrogen and oxygen atoms in total. The van der Waals surface area contributed by atoms with Crippen LogP contribution in [0.15, 0.2) is 58.2 Å². The Morgan fingerprint density at radius 3 is 2.07 bits per heavy atom. The quantitative estimate of drug-likeness (QED) is 0.516. The molecule has 0 saturated heterocycles. The summed E-state index contributed by atoms with van der Waals surface area (Å²) in [7, 11) is -3.86. The summed E-state index contributed by atoms with van der Waals surface area (Å²) in [6.45, 7) is 3.48. The lowest BCUT2D eigenvalue weighted by Crippen LogP contribution is -2.27. The van der Waals surface area contributed by atoms with Gasteiger partial charge in [-0.1, -0.05) is 17.7 Å². The molecule has 0 fully saturated rings. The summed E-state index contributed by atoms with van der Waals surface area (Å²) < 4.78 is 33.1. The van der Waals surface area contributed by atoms with E-state index in [1.165, 1.54) is 19.1 Å². The summed E-state index contributed by atoms with van der Waals surface area (Å²) in [5.74, 6) is 0.741. The molecule has 4 N–H and O–H groups in total. The molecule has 0 amide bonds. The molecule has 0 spiro atoms. The van der Waals surface area contributed by atoms with Crippen LogP contribution in [-0.4, -0.2) is 23.5 Å². The molecule has 0 radical (unpaired) electrons. The van der Waals surface area contributed by atoms with Gasteiger partial charge in [-0.15, -0.1) is 0 Å². The second-order valence-electron chi connectivity index (χ2n) is 6.07. The van der Waals surface area contributed by atoms with Crippen molar-refractivity contribution >= 4 is 10.0 Å². The van der Waals surface area contributed by atoms with Crippen molar-refractivity contribution in [2.24, 2.45) is 0 Å². The van der Waals surface area contributed by atoms with Gasteiger partial charge < -0.3 is 14.8 Å². The predicted octanol–water partition coefficient (Wildman–Crippen LogP) is 2.55. The number of imidazole rings is 1. The van der Waals surface area contributed by atoms with Gasteiger partial charge in [-0.05, 0) is 50.2 Å². The fourth-order valence-corrected chi connectivity index (χ4v) is 3.70. The first-order valence-electron chi connectivity index (χ1n) is 8.12. The van der Waals surface area contributed by atoms with Gasteiger partial charge in [0.15, 0.2) is 0 Å². The van der Waals surface area contributed by atoms with Gasteiger partial charge in [0.1, 0.15) is 11.5 Å². The Kier molecular flexibility index (Phi) is 5.06. The Balaban J connectivity index is 1.74. The van der Waals surface area contributed by atoms with E-state index in [9.17, 15) is 18.3 Å². The number of aromatic hydroxyl groups is 1.